The zero-order chi connectivity index (χ0) is 15.5. The van der Waals surface area contributed by atoms with Crippen molar-refractivity contribution in [3.8, 4) is 0 Å². The molecule has 0 radical (unpaired) electrons. The number of carbonyl (C=O) groups is 2. The van der Waals surface area contributed by atoms with Crippen molar-refractivity contribution in [1.82, 2.24) is 5.32 Å². The van der Waals surface area contributed by atoms with Crippen molar-refractivity contribution in [2.24, 2.45) is 17.8 Å². The van der Waals surface area contributed by atoms with Crippen LogP contribution in [0.2, 0.25) is 5.02 Å². The second-order valence-corrected chi connectivity index (χ2v) is 6.98. The number of hydrogen-bond acceptors (Lipinski definition) is 3. The molecule has 1 fully saturated rings. The van der Waals surface area contributed by atoms with Crippen LogP contribution in [0.5, 0.6) is 0 Å². The number of carbonyl (C=O) groups excluding carboxylic acids is 2. The van der Waals surface area contributed by atoms with E-state index in [9.17, 15) is 9.59 Å². The van der Waals surface area contributed by atoms with E-state index in [0.29, 0.717) is 23.7 Å². The highest BCUT2D eigenvalue weighted by atomic mass is 35.5. The van der Waals surface area contributed by atoms with Crippen molar-refractivity contribution in [3.63, 3.8) is 0 Å². The maximum atomic E-state index is 12.6. The first-order chi connectivity index (χ1) is 10.6. The van der Waals surface area contributed by atoms with Crippen molar-refractivity contribution in [3.05, 3.63) is 40.8 Å². The zero-order valence-corrected chi connectivity index (χ0v) is 13.5. The molecule has 2 aliphatic heterocycles. The van der Waals surface area contributed by atoms with Gasteiger partial charge in [-0.15, -0.1) is 11.8 Å². The maximum absolute atomic E-state index is 12.6. The highest BCUT2D eigenvalue weighted by Gasteiger charge is 2.38. The topological polar surface area (TPSA) is 58.2 Å². The van der Waals surface area contributed by atoms with E-state index < -0.39 is 0 Å². The van der Waals surface area contributed by atoms with Crippen LogP contribution in [-0.2, 0) is 9.59 Å². The van der Waals surface area contributed by atoms with E-state index in [1.54, 1.807) is 30.0 Å². The molecule has 0 aromatic heterocycles. The van der Waals surface area contributed by atoms with Crippen LogP contribution in [0.25, 0.3) is 0 Å². The molecule has 2 heterocycles. The number of nitrogens with one attached hydrogen (secondary N) is 2. The van der Waals surface area contributed by atoms with Gasteiger partial charge in [-0.3, -0.25) is 9.59 Å². The quantitative estimate of drug-likeness (QED) is 0.892. The van der Waals surface area contributed by atoms with Crippen molar-refractivity contribution in [2.75, 3.05) is 17.6 Å². The fourth-order valence-corrected chi connectivity index (χ4v) is 4.18. The van der Waals surface area contributed by atoms with Gasteiger partial charge in [0.2, 0.25) is 11.8 Å². The average molecular weight is 337 g/mol. The molecule has 3 atom stereocenters. The molecule has 2 N–H and O–H groups in total. The summed E-state index contributed by atoms with van der Waals surface area (Å²) in [5.74, 6) is 1.04. The highest BCUT2D eigenvalue weighted by Crippen LogP contribution is 2.35. The summed E-state index contributed by atoms with van der Waals surface area (Å²) in [6.07, 6.45) is 2.52. The minimum Gasteiger partial charge on any atom is -0.355 e. The Hall–Kier alpha value is -1.46. The first-order valence-corrected chi connectivity index (χ1v) is 8.67. The number of benzene rings is 1. The first kappa shape index (κ1) is 15.4. The predicted molar refractivity (Wildman–Crippen MR) is 89.8 cm³/mol. The van der Waals surface area contributed by atoms with Crippen molar-refractivity contribution in [2.45, 2.75) is 6.42 Å². The molecule has 0 spiro atoms. The predicted octanol–water partition coefficient (Wildman–Crippen LogP) is 2.91. The minimum atomic E-state index is -0.218. The standard InChI is InChI=1S/C16H17ClN2O2S/c17-11-2-1-3-12(6-11)19-16(21)14-8-18-15(20)7-13(14)10-4-5-22-9-10/h1-6,10,13-14H,7-9H2,(H,18,20)(H,19,21)/t10-,13?,14?/m1/s1. The lowest BCUT2D eigenvalue weighted by Gasteiger charge is -2.33. The summed E-state index contributed by atoms with van der Waals surface area (Å²) in [4.78, 5) is 24.3. The third-order valence-electron chi connectivity index (χ3n) is 4.15. The maximum Gasteiger partial charge on any atom is 0.229 e. The summed E-state index contributed by atoms with van der Waals surface area (Å²) in [5, 5.41) is 8.37. The highest BCUT2D eigenvalue weighted by molar-refractivity contribution is 8.02. The minimum absolute atomic E-state index is 0.0297. The Labute approximate surface area is 138 Å². The van der Waals surface area contributed by atoms with E-state index in [2.05, 4.69) is 22.1 Å². The monoisotopic (exact) mass is 336 g/mol. The Morgan fingerprint density at radius 2 is 2.27 bits per heavy atom. The van der Waals surface area contributed by atoms with Gasteiger partial charge < -0.3 is 10.6 Å². The van der Waals surface area contributed by atoms with Crippen molar-refractivity contribution in [1.29, 1.82) is 0 Å². The molecular formula is C16H17ClN2O2S. The molecule has 0 saturated carbocycles. The molecule has 2 unspecified atom stereocenters. The molecule has 0 aliphatic carbocycles. The Balaban J connectivity index is 1.73. The Bertz CT molecular complexity index is 620. The zero-order valence-electron chi connectivity index (χ0n) is 11.9. The van der Waals surface area contributed by atoms with Crippen LogP contribution in [0.4, 0.5) is 5.69 Å². The van der Waals surface area contributed by atoms with Crippen LogP contribution in [0.15, 0.2) is 35.7 Å². The number of piperidine rings is 1. The summed E-state index contributed by atoms with van der Waals surface area (Å²) >= 11 is 7.68. The molecule has 2 amide bonds. The third kappa shape index (κ3) is 3.47. The molecule has 3 rings (SSSR count). The Morgan fingerprint density at radius 3 is 3.00 bits per heavy atom. The molecule has 116 valence electrons. The molecule has 6 heteroatoms. The van der Waals surface area contributed by atoms with Gasteiger partial charge in [0.1, 0.15) is 0 Å². The summed E-state index contributed by atoms with van der Waals surface area (Å²) in [5.41, 5.74) is 0.685. The second kappa shape index (κ2) is 6.75. The molecule has 0 bridgehead atoms. The van der Waals surface area contributed by atoms with Gasteiger partial charge in [0, 0.05) is 29.4 Å². The molecule has 1 saturated heterocycles. The fourth-order valence-electron chi connectivity index (χ4n) is 2.99. The SMILES string of the molecule is O=C1CC([C@@H]2C=CSC2)C(C(=O)Nc2cccc(Cl)c2)CN1. The number of amides is 2. The van der Waals surface area contributed by atoms with Gasteiger partial charge in [-0.1, -0.05) is 23.7 Å². The van der Waals surface area contributed by atoms with Crippen LogP contribution in [-0.4, -0.2) is 24.1 Å². The number of halogens is 1. The Kier molecular flexibility index (Phi) is 4.74. The van der Waals surface area contributed by atoms with E-state index in [4.69, 9.17) is 11.6 Å². The van der Waals surface area contributed by atoms with Crippen molar-refractivity contribution >= 4 is 40.9 Å². The summed E-state index contributed by atoms with van der Waals surface area (Å²) in [6.45, 7) is 0.394. The van der Waals surface area contributed by atoms with Gasteiger partial charge in [0.25, 0.3) is 0 Å². The van der Waals surface area contributed by atoms with Crippen molar-refractivity contribution < 1.29 is 9.59 Å². The van der Waals surface area contributed by atoms with Gasteiger partial charge in [0.05, 0.1) is 5.92 Å². The third-order valence-corrected chi connectivity index (χ3v) is 5.31. The van der Waals surface area contributed by atoms with Crippen LogP contribution in [0, 0.1) is 17.8 Å². The number of thioether (sulfide) groups is 1. The first-order valence-electron chi connectivity index (χ1n) is 7.25. The lowest BCUT2D eigenvalue weighted by atomic mass is 9.77. The van der Waals surface area contributed by atoms with Crippen LogP contribution >= 0.6 is 23.4 Å². The molecule has 1 aromatic carbocycles. The number of anilines is 1. The second-order valence-electron chi connectivity index (χ2n) is 5.60. The lowest BCUT2D eigenvalue weighted by Crippen LogP contribution is -2.48. The van der Waals surface area contributed by atoms with Gasteiger partial charge in [-0.25, -0.2) is 0 Å². The lowest BCUT2D eigenvalue weighted by molar-refractivity contribution is -0.129. The molecule has 1 aromatic rings. The largest absolute Gasteiger partial charge is 0.355 e. The summed E-state index contributed by atoms with van der Waals surface area (Å²) in [7, 11) is 0. The molecule has 4 nitrogen and oxygen atoms in total. The van der Waals surface area contributed by atoms with Gasteiger partial charge in [-0.2, -0.15) is 0 Å². The Morgan fingerprint density at radius 1 is 1.41 bits per heavy atom. The van der Waals surface area contributed by atoms with E-state index >= 15 is 0 Å². The molecular weight excluding hydrogens is 320 g/mol. The number of hydrogen-bond donors (Lipinski definition) is 2. The van der Waals surface area contributed by atoms with E-state index in [0.717, 1.165) is 5.75 Å². The van der Waals surface area contributed by atoms with Gasteiger partial charge in [-0.05, 0) is 35.4 Å². The average Bonchev–Trinajstić information content (AvgIpc) is 3.01. The summed E-state index contributed by atoms with van der Waals surface area (Å²) < 4.78 is 0. The van der Waals surface area contributed by atoms with Gasteiger partial charge >= 0.3 is 0 Å². The normalized spacial score (nSPS) is 27.5. The number of allylic oxidation sites excluding steroid dienone is 1. The van der Waals surface area contributed by atoms with Crippen LogP contribution < -0.4 is 10.6 Å². The van der Waals surface area contributed by atoms with Gasteiger partial charge in [0.15, 0.2) is 0 Å². The molecule has 22 heavy (non-hydrogen) atoms. The fraction of sp³-hybridized carbons (Fsp3) is 0.375. The van der Waals surface area contributed by atoms with Crippen LogP contribution in [0.3, 0.4) is 0 Å². The molecule has 2 aliphatic rings. The summed E-state index contributed by atoms with van der Waals surface area (Å²) in [6, 6.07) is 7.10. The van der Waals surface area contributed by atoms with Crippen LogP contribution in [0.1, 0.15) is 6.42 Å². The smallest absolute Gasteiger partial charge is 0.229 e. The van der Waals surface area contributed by atoms with E-state index in [1.807, 2.05) is 6.07 Å². The number of rotatable bonds is 3. The van der Waals surface area contributed by atoms with E-state index in [-0.39, 0.29) is 29.6 Å². The van der Waals surface area contributed by atoms with E-state index in [1.165, 1.54) is 0 Å².